The maximum absolute atomic E-state index is 12.6. The van der Waals surface area contributed by atoms with Crippen LogP contribution in [0.3, 0.4) is 0 Å². The van der Waals surface area contributed by atoms with E-state index in [1.165, 1.54) is 0 Å². The lowest BCUT2D eigenvalue weighted by molar-refractivity contribution is 0.102. The summed E-state index contributed by atoms with van der Waals surface area (Å²) in [6.45, 7) is 7.23. The highest BCUT2D eigenvalue weighted by Gasteiger charge is 2.18. The predicted octanol–water partition coefficient (Wildman–Crippen LogP) is 2.68. The van der Waals surface area contributed by atoms with Gasteiger partial charge in [-0.05, 0) is 42.9 Å². The number of piperazine rings is 1. The molecule has 0 aromatic heterocycles. The Balaban J connectivity index is 1.70. The molecule has 0 unspecified atom stereocenters. The van der Waals surface area contributed by atoms with Gasteiger partial charge in [0.2, 0.25) is 0 Å². The molecule has 1 aliphatic rings. The molecule has 1 fully saturated rings. The molecule has 0 radical (unpaired) electrons. The van der Waals surface area contributed by atoms with Gasteiger partial charge < -0.3 is 30.3 Å². The van der Waals surface area contributed by atoms with Crippen LogP contribution in [-0.4, -0.2) is 57.8 Å². The van der Waals surface area contributed by atoms with E-state index >= 15 is 0 Å². The first-order valence-electron chi connectivity index (χ1n) is 9.46. The zero-order valence-corrected chi connectivity index (χ0v) is 16.7. The number of hydrogen-bond acceptors (Lipinski definition) is 6. The smallest absolute Gasteiger partial charge is 0.255 e. The van der Waals surface area contributed by atoms with Gasteiger partial charge in [0.05, 0.1) is 25.6 Å². The van der Waals surface area contributed by atoms with Gasteiger partial charge in [0, 0.05) is 37.4 Å². The first-order valence-corrected chi connectivity index (χ1v) is 9.46. The highest BCUT2D eigenvalue weighted by atomic mass is 16.5. The summed E-state index contributed by atoms with van der Waals surface area (Å²) in [5, 5.41) is 2.89. The topological polar surface area (TPSA) is 80.1 Å². The van der Waals surface area contributed by atoms with Crippen LogP contribution >= 0.6 is 0 Å². The van der Waals surface area contributed by atoms with Crippen molar-refractivity contribution in [3.05, 3.63) is 42.0 Å². The third kappa shape index (κ3) is 4.31. The molecule has 3 N–H and O–H groups in total. The van der Waals surface area contributed by atoms with Crippen LogP contribution < -0.4 is 25.4 Å². The van der Waals surface area contributed by atoms with Crippen molar-refractivity contribution in [1.29, 1.82) is 0 Å². The van der Waals surface area contributed by atoms with Crippen molar-refractivity contribution in [3.8, 4) is 11.5 Å². The van der Waals surface area contributed by atoms with Crippen LogP contribution in [0.4, 0.5) is 17.1 Å². The van der Waals surface area contributed by atoms with Gasteiger partial charge in [-0.1, -0.05) is 6.92 Å². The summed E-state index contributed by atoms with van der Waals surface area (Å²) in [6.07, 6.45) is 0. The zero-order chi connectivity index (χ0) is 20.1. The van der Waals surface area contributed by atoms with Crippen molar-refractivity contribution in [3.63, 3.8) is 0 Å². The van der Waals surface area contributed by atoms with Crippen molar-refractivity contribution in [2.75, 3.05) is 62.9 Å². The molecule has 7 nitrogen and oxygen atoms in total. The summed E-state index contributed by atoms with van der Waals surface area (Å²) in [7, 11) is 3.10. The molecule has 0 atom stereocenters. The number of carbonyl (C=O) groups is 1. The molecule has 1 amide bonds. The Labute approximate surface area is 166 Å². The maximum Gasteiger partial charge on any atom is 0.255 e. The highest BCUT2D eigenvalue weighted by Crippen LogP contribution is 2.30. The number of nitrogens with zero attached hydrogens (tertiary/aromatic N) is 2. The number of anilines is 3. The molecule has 0 aliphatic carbocycles. The SMILES string of the molecule is CCN1CCN(c2ccc(NC(=O)c3ccc(OC)c(OC)c3)cc2N)CC1. The van der Waals surface area contributed by atoms with Gasteiger partial charge in [0.15, 0.2) is 11.5 Å². The molecular weight excluding hydrogens is 356 g/mol. The van der Waals surface area contributed by atoms with E-state index in [9.17, 15) is 4.79 Å². The average molecular weight is 384 g/mol. The molecule has 0 bridgehead atoms. The van der Waals surface area contributed by atoms with Crippen molar-refractivity contribution < 1.29 is 14.3 Å². The minimum atomic E-state index is -0.232. The molecule has 7 heteroatoms. The van der Waals surface area contributed by atoms with E-state index in [-0.39, 0.29) is 5.91 Å². The largest absolute Gasteiger partial charge is 0.493 e. The summed E-state index contributed by atoms with van der Waals surface area (Å²) in [4.78, 5) is 17.3. The summed E-state index contributed by atoms with van der Waals surface area (Å²) in [5.74, 6) is 0.858. The number of carbonyl (C=O) groups excluding carboxylic acids is 1. The van der Waals surface area contributed by atoms with E-state index in [1.807, 2.05) is 12.1 Å². The number of nitrogens with one attached hydrogen (secondary N) is 1. The lowest BCUT2D eigenvalue weighted by Crippen LogP contribution is -2.46. The van der Waals surface area contributed by atoms with Crippen molar-refractivity contribution >= 4 is 23.0 Å². The number of ether oxygens (including phenoxy) is 2. The Kier molecular flexibility index (Phi) is 6.26. The Morgan fingerprint density at radius 3 is 2.36 bits per heavy atom. The Morgan fingerprint density at radius 1 is 1.04 bits per heavy atom. The summed E-state index contributed by atoms with van der Waals surface area (Å²) >= 11 is 0. The van der Waals surface area contributed by atoms with Crippen molar-refractivity contribution in [2.45, 2.75) is 6.92 Å². The molecule has 1 heterocycles. The maximum atomic E-state index is 12.6. The average Bonchev–Trinajstić information content (AvgIpc) is 2.73. The van der Waals surface area contributed by atoms with Crippen LogP contribution in [0.5, 0.6) is 11.5 Å². The first-order chi connectivity index (χ1) is 13.5. The van der Waals surface area contributed by atoms with Crippen molar-refractivity contribution in [2.24, 2.45) is 0 Å². The number of rotatable bonds is 6. The van der Waals surface area contributed by atoms with E-state index in [1.54, 1.807) is 38.5 Å². The monoisotopic (exact) mass is 384 g/mol. The molecule has 2 aromatic rings. The molecule has 2 aromatic carbocycles. The fraction of sp³-hybridized carbons (Fsp3) is 0.381. The zero-order valence-electron chi connectivity index (χ0n) is 16.7. The number of nitrogens with two attached hydrogens (primary N) is 1. The molecule has 0 spiro atoms. The van der Waals surface area contributed by atoms with E-state index in [0.29, 0.717) is 28.4 Å². The fourth-order valence-corrected chi connectivity index (χ4v) is 3.41. The number of nitrogen functional groups attached to an aromatic ring is 1. The minimum Gasteiger partial charge on any atom is -0.493 e. The van der Waals surface area contributed by atoms with Gasteiger partial charge in [0.25, 0.3) is 5.91 Å². The van der Waals surface area contributed by atoms with Crippen LogP contribution in [-0.2, 0) is 0 Å². The third-order valence-electron chi connectivity index (χ3n) is 5.09. The normalized spacial score (nSPS) is 14.6. The summed E-state index contributed by atoms with van der Waals surface area (Å²) in [6, 6.07) is 10.7. The van der Waals surface area contributed by atoms with Crippen molar-refractivity contribution in [1.82, 2.24) is 4.90 Å². The number of amides is 1. The van der Waals surface area contributed by atoms with Gasteiger partial charge in [-0.2, -0.15) is 0 Å². The second-order valence-corrected chi connectivity index (χ2v) is 6.72. The Morgan fingerprint density at radius 2 is 1.75 bits per heavy atom. The Bertz CT molecular complexity index is 832. The fourth-order valence-electron chi connectivity index (χ4n) is 3.41. The van der Waals surface area contributed by atoms with E-state index in [0.717, 1.165) is 38.4 Å². The number of likely N-dealkylation sites (N-methyl/N-ethyl adjacent to an activating group) is 1. The van der Waals surface area contributed by atoms with Crippen LogP contribution in [0.25, 0.3) is 0 Å². The molecule has 150 valence electrons. The lowest BCUT2D eigenvalue weighted by Gasteiger charge is -2.36. The standard InChI is InChI=1S/C21H28N4O3/c1-4-24-9-11-25(12-10-24)18-7-6-16(14-17(18)22)23-21(26)15-5-8-19(27-2)20(13-15)28-3/h5-8,13-14H,4,9-12,22H2,1-3H3,(H,23,26). The summed E-state index contributed by atoms with van der Waals surface area (Å²) < 4.78 is 10.5. The number of hydrogen-bond donors (Lipinski definition) is 2. The van der Waals surface area contributed by atoms with Crippen LogP contribution in [0.2, 0.25) is 0 Å². The summed E-state index contributed by atoms with van der Waals surface area (Å²) in [5.41, 5.74) is 9.09. The van der Waals surface area contributed by atoms with E-state index in [2.05, 4.69) is 22.0 Å². The van der Waals surface area contributed by atoms with Gasteiger partial charge in [-0.15, -0.1) is 0 Å². The van der Waals surface area contributed by atoms with Gasteiger partial charge in [0.1, 0.15) is 0 Å². The number of methoxy groups -OCH3 is 2. The van der Waals surface area contributed by atoms with E-state index in [4.69, 9.17) is 15.2 Å². The molecule has 0 saturated carbocycles. The lowest BCUT2D eigenvalue weighted by atomic mass is 10.1. The van der Waals surface area contributed by atoms with Crippen LogP contribution in [0, 0.1) is 0 Å². The molecule has 1 saturated heterocycles. The molecule has 28 heavy (non-hydrogen) atoms. The minimum absolute atomic E-state index is 0.232. The second-order valence-electron chi connectivity index (χ2n) is 6.72. The highest BCUT2D eigenvalue weighted by molar-refractivity contribution is 6.05. The first kappa shape index (κ1) is 19.8. The second kappa shape index (κ2) is 8.84. The van der Waals surface area contributed by atoms with Crippen LogP contribution in [0.1, 0.15) is 17.3 Å². The van der Waals surface area contributed by atoms with Crippen LogP contribution in [0.15, 0.2) is 36.4 Å². The quantitative estimate of drug-likeness (QED) is 0.746. The molecule has 1 aliphatic heterocycles. The van der Waals surface area contributed by atoms with Gasteiger partial charge >= 0.3 is 0 Å². The van der Waals surface area contributed by atoms with Gasteiger partial charge in [-0.25, -0.2) is 0 Å². The Hall–Kier alpha value is -2.93. The number of benzene rings is 2. The molecular formula is C21H28N4O3. The molecule has 3 rings (SSSR count). The third-order valence-corrected chi connectivity index (χ3v) is 5.09. The van der Waals surface area contributed by atoms with Gasteiger partial charge in [-0.3, -0.25) is 4.79 Å². The van der Waals surface area contributed by atoms with E-state index < -0.39 is 0 Å². The predicted molar refractivity (Wildman–Crippen MR) is 113 cm³/mol.